The lowest BCUT2D eigenvalue weighted by Crippen LogP contribution is -2.19. The summed E-state index contributed by atoms with van der Waals surface area (Å²) in [6, 6.07) is 0. The topological polar surface area (TPSA) is 70.7 Å². The van der Waals surface area contributed by atoms with Gasteiger partial charge in [0.05, 0.1) is 29.3 Å². The van der Waals surface area contributed by atoms with Gasteiger partial charge in [-0.25, -0.2) is 14.6 Å². The number of hydrogen-bond acceptors (Lipinski definition) is 5. The van der Waals surface area contributed by atoms with Gasteiger partial charge >= 0.3 is 0 Å². The average Bonchev–Trinajstić information content (AvgIpc) is 3.14. The highest BCUT2D eigenvalue weighted by Gasteiger charge is 2.21. The Morgan fingerprint density at radius 1 is 1.35 bits per heavy atom. The Balaban J connectivity index is 1.75. The van der Waals surface area contributed by atoms with E-state index >= 15 is 0 Å². The van der Waals surface area contributed by atoms with Gasteiger partial charge in [-0.2, -0.15) is 10.1 Å². The SMILES string of the molecule is Cn1cnc(Cc2nc(Cl)nc3c2cnn3C2CCCCO2)c1. The van der Waals surface area contributed by atoms with Crippen molar-refractivity contribution in [2.24, 2.45) is 7.05 Å². The van der Waals surface area contributed by atoms with E-state index < -0.39 is 0 Å². The van der Waals surface area contributed by atoms with Crippen molar-refractivity contribution in [3.63, 3.8) is 0 Å². The zero-order valence-electron chi connectivity index (χ0n) is 12.8. The van der Waals surface area contributed by atoms with Crippen LogP contribution in [0.15, 0.2) is 18.7 Å². The first kappa shape index (κ1) is 14.6. The molecule has 0 amide bonds. The number of halogens is 1. The van der Waals surface area contributed by atoms with Gasteiger partial charge in [-0.3, -0.25) is 0 Å². The van der Waals surface area contributed by atoms with Crippen LogP contribution >= 0.6 is 11.6 Å². The average molecular weight is 333 g/mol. The molecule has 0 bridgehead atoms. The highest BCUT2D eigenvalue weighted by molar-refractivity contribution is 6.28. The summed E-state index contributed by atoms with van der Waals surface area (Å²) in [6.45, 7) is 0.756. The molecule has 0 saturated carbocycles. The van der Waals surface area contributed by atoms with Crippen molar-refractivity contribution in [2.45, 2.75) is 31.9 Å². The lowest BCUT2D eigenvalue weighted by atomic mass is 10.2. The molecule has 1 aliphatic rings. The van der Waals surface area contributed by atoms with E-state index in [-0.39, 0.29) is 11.5 Å². The van der Waals surface area contributed by atoms with Gasteiger partial charge in [-0.15, -0.1) is 0 Å². The zero-order valence-corrected chi connectivity index (χ0v) is 13.6. The van der Waals surface area contributed by atoms with Crippen molar-refractivity contribution >= 4 is 22.6 Å². The lowest BCUT2D eigenvalue weighted by Gasteiger charge is -2.23. The summed E-state index contributed by atoms with van der Waals surface area (Å²) in [5.74, 6) is 0. The second kappa shape index (κ2) is 5.90. The van der Waals surface area contributed by atoms with E-state index in [2.05, 4.69) is 20.1 Å². The van der Waals surface area contributed by atoms with E-state index in [4.69, 9.17) is 16.3 Å². The molecule has 7 nitrogen and oxygen atoms in total. The molecule has 4 rings (SSSR count). The van der Waals surface area contributed by atoms with E-state index in [1.54, 1.807) is 12.5 Å². The van der Waals surface area contributed by atoms with Crippen LogP contribution in [0, 0.1) is 0 Å². The van der Waals surface area contributed by atoms with Gasteiger partial charge in [0.1, 0.15) is 0 Å². The Morgan fingerprint density at radius 3 is 3.00 bits per heavy atom. The van der Waals surface area contributed by atoms with Crippen molar-refractivity contribution in [3.05, 3.63) is 35.4 Å². The van der Waals surface area contributed by atoms with E-state index in [9.17, 15) is 0 Å². The molecule has 23 heavy (non-hydrogen) atoms. The maximum atomic E-state index is 6.13. The van der Waals surface area contributed by atoms with E-state index in [0.29, 0.717) is 6.42 Å². The number of aryl methyl sites for hydroxylation is 1. The maximum Gasteiger partial charge on any atom is 0.224 e. The molecule has 0 spiro atoms. The molecule has 1 aliphatic heterocycles. The van der Waals surface area contributed by atoms with E-state index in [1.807, 2.05) is 22.5 Å². The van der Waals surface area contributed by atoms with Crippen LogP contribution in [-0.4, -0.2) is 35.9 Å². The molecular weight excluding hydrogens is 316 g/mol. The fraction of sp³-hybridized carbons (Fsp3) is 0.467. The van der Waals surface area contributed by atoms with E-state index in [0.717, 1.165) is 48.3 Å². The Kier molecular flexibility index (Phi) is 3.74. The fourth-order valence-corrected chi connectivity index (χ4v) is 3.13. The molecule has 8 heteroatoms. The van der Waals surface area contributed by atoms with Crippen molar-refractivity contribution in [1.82, 2.24) is 29.3 Å². The maximum absolute atomic E-state index is 6.13. The minimum Gasteiger partial charge on any atom is -0.356 e. The first-order valence-electron chi connectivity index (χ1n) is 7.69. The van der Waals surface area contributed by atoms with Gasteiger partial charge in [-0.05, 0) is 30.9 Å². The summed E-state index contributed by atoms with van der Waals surface area (Å²) >= 11 is 6.13. The van der Waals surface area contributed by atoms with Crippen molar-refractivity contribution in [3.8, 4) is 0 Å². The fourth-order valence-electron chi connectivity index (χ4n) is 2.95. The summed E-state index contributed by atoms with van der Waals surface area (Å²) in [7, 11) is 1.94. The van der Waals surface area contributed by atoms with Crippen LogP contribution in [-0.2, 0) is 18.2 Å². The number of imidazole rings is 1. The van der Waals surface area contributed by atoms with Gasteiger partial charge < -0.3 is 9.30 Å². The molecule has 3 aromatic rings. The normalized spacial score (nSPS) is 18.6. The molecule has 0 radical (unpaired) electrons. The second-order valence-corrected chi connectivity index (χ2v) is 6.13. The number of rotatable bonds is 3. The minimum atomic E-state index is -0.0742. The third-order valence-electron chi connectivity index (χ3n) is 4.04. The Labute approximate surface area is 138 Å². The summed E-state index contributed by atoms with van der Waals surface area (Å²) in [4.78, 5) is 13.1. The van der Waals surface area contributed by atoms with Crippen LogP contribution in [0.25, 0.3) is 11.0 Å². The molecule has 1 unspecified atom stereocenters. The summed E-state index contributed by atoms with van der Waals surface area (Å²) in [5, 5.41) is 5.59. The number of fused-ring (bicyclic) bond motifs is 1. The van der Waals surface area contributed by atoms with Crippen LogP contribution in [0.4, 0.5) is 0 Å². The predicted molar refractivity (Wildman–Crippen MR) is 85.2 cm³/mol. The van der Waals surface area contributed by atoms with Gasteiger partial charge in [0, 0.05) is 26.3 Å². The Bertz CT molecular complexity index is 836. The van der Waals surface area contributed by atoms with Gasteiger partial charge in [0.25, 0.3) is 0 Å². The molecule has 1 saturated heterocycles. The van der Waals surface area contributed by atoms with Crippen LogP contribution in [0.2, 0.25) is 5.28 Å². The minimum absolute atomic E-state index is 0.0742. The number of nitrogens with zero attached hydrogens (tertiary/aromatic N) is 6. The first-order valence-corrected chi connectivity index (χ1v) is 8.06. The zero-order chi connectivity index (χ0) is 15.8. The molecule has 1 atom stereocenters. The Morgan fingerprint density at radius 2 is 2.26 bits per heavy atom. The molecule has 4 heterocycles. The number of hydrogen-bond donors (Lipinski definition) is 0. The first-order chi connectivity index (χ1) is 11.2. The van der Waals surface area contributed by atoms with Crippen molar-refractivity contribution in [2.75, 3.05) is 6.61 Å². The Hall–Kier alpha value is -1.99. The third-order valence-corrected chi connectivity index (χ3v) is 4.21. The van der Waals surface area contributed by atoms with Crippen molar-refractivity contribution in [1.29, 1.82) is 0 Å². The molecule has 3 aromatic heterocycles. The van der Waals surface area contributed by atoms with Crippen LogP contribution < -0.4 is 0 Å². The predicted octanol–water partition coefficient (Wildman–Crippen LogP) is 2.50. The number of ether oxygens (including phenoxy) is 1. The highest BCUT2D eigenvalue weighted by atomic mass is 35.5. The van der Waals surface area contributed by atoms with Crippen LogP contribution in [0.3, 0.4) is 0 Å². The standard InChI is InChI=1S/C15H17ClN6O/c1-21-8-10(17-9-21)6-12-11-7-18-22(13-4-2-3-5-23-13)14(11)20-15(16)19-12/h7-9,13H,2-6H2,1H3. The summed E-state index contributed by atoms with van der Waals surface area (Å²) in [6.07, 6.45) is 9.22. The molecule has 0 N–H and O–H groups in total. The van der Waals surface area contributed by atoms with Gasteiger partial charge in [0.2, 0.25) is 5.28 Å². The van der Waals surface area contributed by atoms with Crippen LogP contribution in [0.1, 0.15) is 36.9 Å². The lowest BCUT2D eigenvalue weighted by molar-refractivity contribution is -0.0370. The molecule has 0 aromatic carbocycles. The number of aromatic nitrogens is 6. The monoisotopic (exact) mass is 332 g/mol. The molecular formula is C15H17ClN6O. The summed E-state index contributed by atoms with van der Waals surface area (Å²) < 4.78 is 9.55. The summed E-state index contributed by atoms with van der Waals surface area (Å²) in [5.41, 5.74) is 2.49. The quantitative estimate of drug-likeness (QED) is 0.689. The van der Waals surface area contributed by atoms with E-state index in [1.165, 1.54) is 0 Å². The van der Waals surface area contributed by atoms with Gasteiger partial charge in [0.15, 0.2) is 11.9 Å². The second-order valence-electron chi connectivity index (χ2n) is 5.79. The third kappa shape index (κ3) is 2.82. The van der Waals surface area contributed by atoms with Gasteiger partial charge in [-0.1, -0.05) is 0 Å². The largest absolute Gasteiger partial charge is 0.356 e. The highest BCUT2D eigenvalue weighted by Crippen LogP contribution is 2.27. The van der Waals surface area contributed by atoms with Crippen molar-refractivity contribution < 1.29 is 4.74 Å². The van der Waals surface area contributed by atoms with Crippen LogP contribution in [0.5, 0.6) is 0 Å². The molecule has 0 aliphatic carbocycles. The smallest absolute Gasteiger partial charge is 0.224 e. The molecule has 120 valence electrons. The molecule has 1 fully saturated rings.